The lowest BCUT2D eigenvalue weighted by atomic mass is 9.61. The monoisotopic (exact) mass is 461 g/mol. The number of anilines is 1. The number of para-hydroxylation sites is 1. The topological polar surface area (TPSA) is 113 Å². The van der Waals surface area contributed by atoms with E-state index >= 15 is 0 Å². The quantitative estimate of drug-likeness (QED) is 0.397. The fraction of sp³-hybridized carbons (Fsp3) is 0.360. The zero-order valence-electron chi connectivity index (χ0n) is 18.6. The number of carboxylic acid groups (broad SMARTS) is 1. The summed E-state index contributed by atoms with van der Waals surface area (Å²) in [5.74, 6) is 0.286. The second-order valence-electron chi connectivity index (χ2n) is 9.21. The summed E-state index contributed by atoms with van der Waals surface area (Å²) >= 11 is 0. The van der Waals surface area contributed by atoms with Gasteiger partial charge in [0.25, 0.3) is 0 Å². The molecule has 0 amide bonds. The number of nitrogens with one attached hydrogen (secondary N) is 2. The summed E-state index contributed by atoms with van der Waals surface area (Å²) in [6.45, 7) is 0. The molecule has 3 heterocycles. The molecule has 4 aromatic rings. The lowest BCUT2D eigenvalue weighted by Crippen LogP contribution is -2.51. The van der Waals surface area contributed by atoms with Gasteiger partial charge in [-0.05, 0) is 55.7 Å². The highest BCUT2D eigenvalue weighted by Gasteiger charge is 2.47. The first kappa shape index (κ1) is 20.8. The Morgan fingerprint density at radius 2 is 1.97 bits per heavy atom. The summed E-state index contributed by atoms with van der Waals surface area (Å²) in [6, 6.07) is 6.77. The zero-order chi connectivity index (χ0) is 23.4. The van der Waals surface area contributed by atoms with E-state index in [1.165, 1.54) is 6.07 Å². The molecule has 0 spiro atoms. The standard InChI is InChI=1S/C25H24FN5O3/c1-34-18-4-2-3-15-21(18)30-24(17-11-28-22-16(17)9-14(26)10-27-22)31-23(15)29-20-13-7-5-12(6-8-13)19(20)25(32)33/h2-4,9-13,19-20H,5-8H2,1H3,(H,27,28)(H,32,33)(H,29,30,31). The zero-order valence-corrected chi connectivity index (χ0v) is 18.6. The van der Waals surface area contributed by atoms with Crippen molar-refractivity contribution in [2.45, 2.75) is 31.7 Å². The molecule has 3 aliphatic carbocycles. The molecule has 3 aliphatic rings. The molecule has 0 saturated heterocycles. The highest BCUT2D eigenvalue weighted by molar-refractivity contribution is 5.97. The van der Waals surface area contributed by atoms with Gasteiger partial charge in [-0.25, -0.2) is 19.3 Å². The van der Waals surface area contributed by atoms with Crippen LogP contribution in [0, 0.1) is 23.6 Å². The summed E-state index contributed by atoms with van der Waals surface area (Å²) in [7, 11) is 1.58. The van der Waals surface area contributed by atoms with Crippen molar-refractivity contribution in [3.05, 3.63) is 42.5 Å². The lowest BCUT2D eigenvalue weighted by Gasteiger charge is -2.47. The number of rotatable bonds is 5. The number of carbonyl (C=O) groups is 1. The number of aromatic nitrogens is 4. The first-order chi connectivity index (χ1) is 16.5. The van der Waals surface area contributed by atoms with Gasteiger partial charge in [0.15, 0.2) is 5.82 Å². The molecule has 1 aromatic carbocycles. The minimum absolute atomic E-state index is 0.171. The Morgan fingerprint density at radius 1 is 1.18 bits per heavy atom. The average molecular weight is 461 g/mol. The molecule has 8 nitrogen and oxygen atoms in total. The Labute approximate surface area is 194 Å². The van der Waals surface area contributed by atoms with Crippen LogP contribution >= 0.6 is 0 Å². The molecule has 0 radical (unpaired) electrons. The van der Waals surface area contributed by atoms with Crippen molar-refractivity contribution in [1.82, 2.24) is 19.9 Å². The van der Waals surface area contributed by atoms with E-state index in [0.717, 1.165) is 37.3 Å². The summed E-state index contributed by atoms with van der Waals surface area (Å²) in [4.78, 5) is 28.9. The van der Waals surface area contributed by atoms with E-state index < -0.39 is 17.7 Å². The minimum atomic E-state index is -0.763. The molecule has 174 valence electrons. The van der Waals surface area contributed by atoms with Crippen LogP contribution in [-0.2, 0) is 4.79 Å². The Bertz CT molecular complexity index is 1410. The Balaban J connectivity index is 1.52. The molecule has 0 aliphatic heterocycles. The van der Waals surface area contributed by atoms with E-state index in [1.54, 1.807) is 13.3 Å². The molecule has 2 unspecified atom stereocenters. The third-order valence-electron chi connectivity index (χ3n) is 7.46. The second kappa shape index (κ2) is 7.93. The number of H-pyrrole nitrogens is 1. The number of aromatic amines is 1. The van der Waals surface area contributed by atoms with E-state index in [4.69, 9.17) is 14.7 Å². The smallest absolute Gasteiger partial charge is 0.308 e. The van der Waals surface area contributed by atoms with E-state index in [-0.39, 0.29) is 17.9 Å². The Kier molecular flexibility index (Phi) is 4.86. The van der Waals surface area contributed by atoms with Crippen molar-refractivity contribution in [1.29, 1.82) is 0 Å². The number of benzene rings is 1. The number of pyridine rings is 1. The largest absolute Gasteiger partial charge is 0.494 e. The van der Waals surface area contributed by atoms with E-state index in [9.17, 15) is 14.3 Å². The number of hydrogen-bond acceptors (Lipinski definition) is 6. The minimum Gasteiger partial charge on any atom is -0.494 e. The molecular formula is C25H24FN5O3. The third-order valence-corrected chi connectivity index (χ3v) is 7.46. The first-order valence-corrected chi connectivity index (χ1v) is 11.5. The summed E-state index contributed by atoms with van der Waals surface area (Å²) in [5.41, 5.74) is 1.74. The van der Waals surface area contributed by atoms with Gasteiger partial charge in [0.05, 0.1) is 19.2 Å². The van der Waals surface area contributed by atoms with Gasteiger partial charge in [-0.1, -0.05) is 6.07 Å². The predicted octanol–water partition coefficient (Wildman–Crippen LogP) is 4.62. The van der Waals surface area contributed by atoms with Crippen LogP contribution in [0.1, 0.15) is 25.7 Å². The van der Waals surface area contributed by atoms with Crippen LogP contribution in [0.2, 0.25) is 0 Å². The normalized spacial score (nSPS) is 23.9. The highest BCUT2D eigenvalue weighted by Crippen LogP contribution is 2.47. The maximum Gasteiger partial charge on any atom is 0.308 e. The highest BCUT2D eigenvalue weighted by atomic mass is 19.1. The first-order valence-electron chi connectivity index (χ1n) is 11.5. The van der Waals surface area contributed by atoms with Crippen LogP contribution in [0.15, 0.2) is 36.7 Å². The molecule has 2 atom stereocenters. The van der Waals surface area contributed by atoms with Gasteiger partial charge < -0.3 is 20.1 Å². The van der Waals surface area contributed by atoms with E-state index in [0.29, 0.717) is 39.5 Å². The fourth-order valence-corrected chi connectivity index (χ4v) is 5.85. The SMILES string of the molecule is COc1cccc2c(NC3C4CCC(CC4)C3C(=O)O)nc(-c3c[nH]c4ncc(F)cc34)nc12. The van der Waals surface area contributed by atoms with E-state index in [2.05, 4.69) is 15.3 Å². The summed E-state index contributed by atoms with van der Waals surface area (Å²) < 4.78 is 19.5. The Hall–Kier alpha value is -3.75. The van der Waals surface area contributed by atoms with Gasteiger partial charge in [-0.2, -0.15) is 0 Å². The van der Waals surface area contributed by atoms with Crippen molar-refractivity contribution < 1.29 is 19.0 Å². The van der Waals surface area contributed by atoms with Crippen molar-refractivity contribution in [3.8, 4) is 17.1 Å². The maximum absolute atomic E-state index is 14.0. The molecule has 2 bridgehead atoms. The van der Waals surface area contributed by atoms with Crippen LogP contribution < -0.4 is 10.1 Å². The molecule has 3 aromatic heterocycles. The Morgan fingerprint density at radius 3 is 2.74 bits per heavy atom. The van der Waals surface area contributed by atoms with Crippen LogP contribution in [0.4, 0.5) is 10.2 Å². The third kappa shape index (κ3) is 3.26. The molecule has 3 N–H and O–H groups in total. The van der Waals surface area contributed by atoms with Gasteiger partial charge in [0, 0.05) is 28.6 Å². The number of halogens is 1. The lowest BCUT2D eigenvalue weighted by molar-refractivity contribution is -0.148. The average Bonchev–Trinajstić information content (AvgIpc) is 3.27. The van der Waals surface area contributed by atoms with Crippen LogP contribution in [0.25, 0.3) is 33.3 Å². The number of aliphatic carboxylic acids is 1. The van der Waals surface area contributed by atoms with Crippen LogP contribution in [0.5, 0.6) is 5.75 Å². The van der Waals surface area contributed by atoms with Crippen molar-refractivity contribution in [3.63, 3.8) is 0 Å². The van der Waals surface area contributed by atoms with Crippen LogP contribution in [0.3, 0.4) is 0 Å². The predicted molar refractivity (Wildman–Crippen MR) is 125 cm³/mol. The van der Waals surface area contributed by atoms with E-state index in [1.807, 2.05) is 18.2 Å². The number of carboxylic acids is 1. The maximum atomic E-state index is 14.0. The number of nitrogens with zero attached hydrogens (tertiary/aromatic N) is 3. The van der Waals surface area contributed by atoms with Crippen molar-refractivity contribution >= 4 is 33.7 Å². The summed E-state index contributed by atoms with van der Waals surface area (Å²) in [6.07, 6.45) is 6.80. The molecule has 7 rings (SSSR count). The molecule has 3 fully saturated rings. The number of hydrogen-bond donors (Lipinski definition) is 3. The number of ether oxygens (including phenoxy) is 1. The molecule has 9 heteroatoms. The molecule has 3 saturated carbocycles. The molecule has 34 heavy (non-hydrogen) atoms. The van der Waals surface area contributed by atoms with Gasteiger partial charge >= 0.3 is 5.97 Å². The molecular weight excluding hydrogens is 437 g/mol. The van der Waals surface area contributed by atoms with Gasteiger partial charge in [-0.15, -0.1) is 0 Å². The van der Waals surface area contributed by atoms with Crippen molar-refractivity contribution in [2.24, 2.45) is 17.8 Å². The summed E-state index contributed by atoms with van der Waals surface area (Å²) in [5, 5.41) is 14.8. The van der Waals surface area contributed by atoms with Gasteiger partial charge in [0.1, 0.15) is 28.5 Å². The van der Waals surface area contributed by atoms with Gasteiger partial charge in [-0.3, -0.25) is 4.79 Å². The van der Waals surface area contributed by atoms with Gasteiger partial charge in [0.2, 0.25) is 0 Å². The van der Waals surface area contributed by atoms with Crippen LogP contribution in [-0.4, -0.2) is 44.2 Å². The fourth-order valence-electron chi connectivity index (χ4n) is 5.85. The number of fused-ring (bicyclic) bond motifs is 5. The second-order valence-corrected chi connectivity index (χ2v) is 9.21. The number of methoxy groups -OCH3 is 1. The van der Waals surface area contributed by atoms with Crippen molar-refractivity contribution in [2.75, 3.05) is 12.4 Å².